The van der Waals surface area contributed by atoms with Crippen LogP contribution in [0.2, 0.25) is 0 Å². The standard InChI is InChI=1S/C10H11F3N2/c1-5-3-7(10(11,12)13)9(6(2)14)8(15)4-5/h3-4,14H,15H2,1-2H3. The van der Waals surface area contributed by atoms with Crippen LogP contribution in [0.15, 0.2) is 12.1 Å². The predicted molar refractivity (Wildman–Crippen MR) is 53.1 cm³/mol. The minimum absolute atomic E-state index is 0.00479. The van der Waals surface area contributed by atoms with E-state index >= 15 is 0 Å². The van der Waals surface area contributed by atoms with Crippen molar-refractivity contribution < 1.29 is 13.2 Å². The lowest BCUT2D eigenvalue weighted by Crippen LogP contribution is -2.14. The number of benzene rings is 1. The zero-order valence-corrected chi connectivity index (χ0v) is 8.37. The number of halogens is 3. The van der Waals surface area contributed by atoms with E-state index in [1.54, 1.807) is 0 Å². The monoisotopic (exact) mass is 216 g/mol. The van der Waals surface area contributed by atoms with Crippen molar-refractivity contribution in [3.05, 3.63) is 28.8 Å². The molecule has 82 valence electrons. The Kier molecular flexibility index (Phi) is 2.75. The van der Waals surface area contributed by atoms with E-state index in [1.807, 2.05) is 0 Å². The van der Waals surface area contributed by atoms with Gasteiger partial charge in [0.1, 0.15) is 0 Å². The zero-order valence-electron chi connectivity index (χ0n) is 8.37. The van der Waals surface area contributed by atoms with E-state index < -0.39 is 11.7 Å². The van der Waals surface area contributed by atoms with Crippen molar-refractivity contribution in [3.63, 3.8) is 0 Å². The van der Waals surface area contributed by atoms with E-state index in [0.717, 1.165) is 6.07 Å². The van der Waals surface area contributed by atoms with Crippen LogP contribution in [0, 0.1) is 12.3 Å². The van der Waals surface area contributed by atoms with Crippen LogP contribution in [0.3, 0.4) is 0 Å². The summed E-state index contributed by atoms with van der Waals surface area (Å²) >= 11 is 0. The van der Waals surface area contributed by atoms with Crippen LogP contribution in [-0.4, -0.2) is 5.71 Å². The number of hydrogen-bond acceptors (Lipinski definition) is 2. The summed E-state index contributed by atoms with van der Waals surface area (Å²) in [5, 5.41) is 7.29. The molecule has 1 aromatic rings. The van der Waals surface area contributed by atoms with Crippen LogP contribution < -0.4 is 5.73 Å². The Morgan fingerprint density at radius 1 is 1.33 bits per heavy atom. The average molecular weight is 216 g/mol. The molecule has 0 saturated carbocycles. The maximum atomic E-state index is 12.6. The van der Waals surface area contributed by atoms with Gasteiger partial charge in [-0.1, -0.05) is 0 Å². The maximum Gasteiger partial charge on any atom is 0.417 e. The topological polar surface area (TPSA) is 49.9 Å². The number of nitrogen functional groups attached to an aromatic ring is 1. The molecule has 0 aromatic heterocycles. The second-order valence-electron chi connectivity index (χ2n) is 3.40. The van der Waals surface area contributed by atoms with E-state index in [9.17, 15) is 13.2 Å². The number of rotatable bonds is 1. The first kappa shape index (κ1) is 11.6. The van der Waals surface area contributed by atoms with Gasteiger partial charge in [-0.25, -0.2) is 0 Å². The van der Waals surface area contributed by atoms with Gasteiger partial charge in [0.05, 0.1) is 5.56 Å². The molecule has 0 amide bonds. The molecule has 3 N–H and O–H groups in total. The molecule has 0 spiro atoms. The Labute approximate surface area is 85.4 Å². The molecule has 0 saturated heterocycles. The third-order valence-electron chi connectivity index (χ3n) is 1.99. The Hall–Kier alpha value is -1.52. The second kappa shape index (κ2) is 3.56. The summed E-state index contributed by atoms with van der Waals surface area (Å²) in [5.74, 6) is 0. The summed E-state index contributed by atoms with van der Waals surface area (Å²) in [6.45, 7) is 2.82. The van der Waals surface area contributed by atoms with Gasteiger partial charge >= 0.3 is 6.18 Å². The Morgan fingerprint density at radius 3 is 2.27 bits per heavy atom. The number of hydrogen-bond donors (Lipinski definition) is 2. The number of anilines is 1. The second-order valence-corrected chi connectivity index (χ2v) is 3.40. The van der Waals surface area contributed by atoms with Gasteiger partial charge < -0.3 is 11.1 Å². The van der Waals surface area contributed by atoms with E-state index in [1.165, 1.54) is 19.9 Å². The molecule has 1 rings (SSSR count). The third-order valence-corrected chi connectivity index (χ3v) is 1.99. The number of aryl methyl sites for hydroxylation is 1. The summed E-state index contributed by atoms with van der Waals surface area (Å²) in [6.07, 6.45) is -4.47. The van der Waals surface area contributed by atoms with E-state index in [4.69, 9.17) is 11.1 Å². The number of nitrogens with two attached hydrogens (primary N) is 1. The smallest absolute Gasteiger partial charge is 0.398 e. The van der Waals surface area contributed by atoms with Crippen molar-refractivity contribution >= 4 is 11.4 Å². The molecule has 5 heteroatoms. The van der Waals surface area contributed by atoms with Crippen molar-refractivity contribution in [2.75, 3.05) is 5.73 Å². The highest BCUT2D eigenvalue weighted by Crippen LogP contribution is 2.35. The van der Waals surface area contributed by atoms with Crippen LogP contribution in [0.1, 0.15) is 23.6 Å². The van der Waals surface area contributed by atoms with Gasteiger partial charge in [-0.15, -0.1) is 0 Å². The first-order valence-corrected chi connectivity index (χ1v) is 4.26. The molecular weight excluding hydrogens is 205 g/mol. The zero-order chi connectivity index (χ0) is 11.8. The molecule has 2 nitrogen and oxygen atoms in total. The molecule has 0 aliphatic carbocycles. The van der Waals surface area contributed by atoms with Crippen molar-refractivity contribution in [1.82, 2.24) is 0 Å². The van der Waals surface area contributed by atoms with Crippen molar-refractivity contribution in [2.45, 2.75) is 20.0 Å². The van der Waals surface area contributed by atoms with Crippen LogP contribution in [-0.2, 0) is 6.18 Å². The largest absolute Gasteiger partial charge is 0.417 e. The van der Waals surface area contributed by atoms with E-state index in [-0.39, 0.29) is 17.0 Å². The van der Waals surface area contributed by atoms with Crippen LogP contribution in [0.5, 0.6) is 0 Å². The predicted octanol–water partition coefficient (Wildman–Crippen LogP) is 2.98. The lowest BCUT2D eigenvalue weighted by Gasteiger charge is -2.15. The fraction of sp³-hybridized carbons (Fsp3) is 0.300. The highest BCUT2D eigenvalue weighted by molar-refractivity contribution is 6.02. The molecule has 0 aliphatic rings. The molecule has 0 aliphatic heterocycles. The molecular formula is C10H11F3N2. The molecule has 0 fully saturated rings. The van der Waals surface area contributed by atoms with Gasteiger partial charge in [-0.05, 0) is 31.5 Å². The summed E-state index contributed by atoms with van der Waals surface area (Å²) < 4.78 is 37.8. The molecule has 0 unspecified atom stereocenters. The fourth-order valence-corrected chi connectivity index (χ4v) is 1.46. The van der Waals surface area contributed by atoms with Crippen molar-refractivity contribution in [1.29, 1.82) is 5.41 Å². The van der Waals surface area contributed by atoms with Crippen molar-refractivity contribution in [2.24, 2.45) is 0 Å². The minimum Gasteiger partial charge on any atom is -0.398 e. The molecule has 15 heavy (non-hydrogen) atoms. The van der Waals surface area contributed by atoms with Gasteiger partial charge in [0, 0.05) is 17.0 Å². The quantitative estimate of drug-likeness (QED) is 0.550. The molecule has 0 radical (unpaired) electrons. The molecule has 0 bridgehead atoms. The van der Waals surface area contributed by atoms with Gasteiger partial charge in [0.2, 0.25) is 0 Å². The van der Waals surface area contributed by atoms with Crippen LogP contribution >= 0.6 is 0 Å². The van der Waals surface area contributed by atoms with Crippen LogP contribution in [0.4, 0.5) is 18.9 Å². The third kappa shape index (κ3) is 2.29. The van der Waals surface area contributed by atoms with Gasteiger partial charge in [0.15, 0.2) is 0 Å². The molecule has 0 heterocycles. The first-order chi connectivity index (χ1) is 6.73. The van der Waals surface area contributed by atoms with Crippen LogP contribution in [0.25, 0.3) is 0 Å². The highest BCUT2D eigenvalue weighted by Gasteiger charge is 2.34. The van der Waals surface area contributed by atoms with Crippen molar-refractivity contribution in [3.8, 4) is 0 Å². The average Bonchev–Trinajstić information content (AvgIpc) is 1.99. The Balaban J connectivity index is 3.54. The van der Waals surface area contributed by atoms with E-state index in [0.29, 0.717) is 5.56 Å². The lowest BCUT2D eigenvalue weighted by atomic mass is 9.98. The van der Waals surface area contributed by atoms with E-state index in [2.05, 4.69) is 0 Å². The Morgan fingerprint density at radius 2 is 1.87 bits per heavy atom. The van der Waals surface area contributed by atoms with Gasteiger partial charge in [-0.2, -0.15) is 13.2 Å². The number of nitrogens with one attached hydrogen (secondary N) is 1. The SMILES string of the molecule is CC(=N)c1c(N)cc(C)cc1C(F)(F)F. The first-order valence-electron chi connectivity index (χ1n) is 4.26. The normalized spacial score (nSPS) is 11.5. The summed E-state index contributed by atoms with van der Waals surface area (Å²) in [6, 6.07) is 2.44. The number of alkyl halides is 3. The summed E-state index contributed by atoms with van der Waals surface area (Å²) in [5.41, 5.74) is 4.66. The fourth-order valence-electron chi connectivity index (χ4n) is 1.46. The minimum atomic E-state index is -4.47. The Bertz CT molecular complexity index is 408. The highest BCUT2D eigenvalue weighted by atomic mass is 19.4. The molecule has 0 atom stereocenters. The summed E-state index contributed by atoms with van der Waals surface area (Å²) in [7, 11) is 0. The molecule has 1 aromatic carbocycles. The lowest BCUT2D eigenvalue weighted by molar-refractivity contribution is -0.137. The van der Waals surface area contributed by atoms with Gasteiger partial charge in [-0.3, -0.25) is 0 Å². The van der Waals surface area contributed by atoms with Gasteiger partial charge in [0.25, 0.3) is 0 Å². The summed E-state index contributed by atoms with van der Waals surface area (Å²) in [4.78, 5) is 0. The maximum absolute atomic E-state index is 12.6.